The van der Waals surface area contributed by atoms with Crippen LogP contribution in [-0.4, -0.2) is 227 Å². The lowest BCUT2D eigenvalue weighted by Crippen LogP contribution is -2.65. The first-order valence-corrected chi connectivity index (χ1v) is 32.4. The van der Waals surface area contributed by atoms with Crippen molar-refractivity contribution in [1.82, 2.24) is 50.2 Å². The minimum absolute atomic E-state index is 0.0276. The Morgan fingerprint density at radius 2 is 1.31 bits per heavy atom. The van der Waals surface area contributed by atoms with Crippen molar-refractivity contribution in [2.75, 3.05) is 68.5 Å². The average molecular weight is 1270 g/mol. The normalized spacial score (nSPS) is 25.6. The minimum atomic E-state index is -1.67. The molecule has 2 aromatic rings. The number of hydrogen-bond donors (Lipinski definition) is 4. The topological polar surface area (TPSA) is 259 Å². The first kappa shape index (κ1) is 76.3. The predicted octanol–water partition coefficient (Wildman–Crippen LogP) is 5.08. The van der Waals surface area contributed by atoms with E-state index in [1.807, 2.05) is 89.2 Å². The molecule has 0 unspecified atom stereocenters. The van der Waals surface area contributed by atoms with Crippen LogP contribution in [-0.2, 0) is 65.5 Å². The zero-order valence-corrected chi connectivity index (χ0v) is 57.7. The lowest BCUT2D eigenvalue weighted by atomic mass is 9.87. The summed E-state index contributed by atoms with van der Waals surface area (Å²) in [6, 6.07) is 7.74. The van der Waals surface area contributed by atoms with Gasteiger partial charge in [0.25, 0.3) is 0 Å². The van der Waals surface area contributed by atoms with Gasteiger partial charge in [-0.05, 0) is 120 Å². The van der Waals surface area contributed by atoms with Gasteiger partial charge in [-0.2, -0.15) is 0 Å². The number of amides is 10. The molecule has 22 nitrogen and oxygen atoms in total. The predicted molar refractivity (Wildman–Crippen MR) is 351 cm³/mol. The summed E-state index contributed by atoms with van der Waals surface area (Å²) >= 11 is 0. The maximum absolute atomic E-state index is 15.1. The molecule has 1 saturated heterocycles. The number of piperidine rings is 1. The fraction of sp³-hybridized carbons (Fsp3) is 0.652. The first-order valence-electron chi connectivity index (χ1n) is 32.4. The number of nitrogens with zero attached hydrogens (tertiary/aromatic N) is 7. The first-order chi connectivity index (χ1) is 42.4. The lowest BCUT2D eigenvalue weighted by molar-refractivity contribution is -0.155. The Morgan fingerprint density at radius 3 is 1.86 bits per heavy atom. The number of fused-ring (bicyclic) bond motifs is 32. The molecule has 4 N–H and O–H groups in total. The molecule has 2 aromatic carbocycles. The monoisotopic (exact) mass is 1270 g/mol. The van der Waals surface area contributed by atoms with Crippen molar-refractivity contribution >= 4 is 64.6 Å². The second kappa shape index (κ2) is 33.9. The lowest BCUT2D eigenvalue weighted by Gasteiger charge is -2.41. The third kappa shape index (κ3) is 20.9. The number of benzene rings is 2. The number of carbonyl (C=O) groups excluding carboxylic acids is 10. The molecule has 91 heavy (non-hydrogen) atoms. The molecule has 0 aromatic heterocycles. The van der Waals surface area contributed by atoms with Crippen molar-refractivity contribution in [1.29, 1.82) is 0 Å². The number of likely N-dealkylation sites (tertiary alicyclic amines) is 1. The van der Waals surface area contributed by atoms with Crippen LogP contribution >= 0.6 is 0 Å². The van der Waals surface area contributed by atoms with E-state index in [2.05, 4.69) is 22.5 Å². The van der Waals surface area contributed by atoms with Gasteiger partial charge in [-0.1, -0.05) is 109 Å². The second-order valence-corrected chi connectivity index (χ2v) is 27.4. The summed E-state index contributed by atoms with van der Waals surface area (Å²) in [6.07, 6.45) is 2.06. The molecule has 1 fully saturated rings. The van der Waals surface area contributed by atoms with Gasteiger partial charge in [0.1, 0.15) is 47.8 Å². The summed E-state index contributed by atoms with van der Waals surface area (Å²) in [7, 11) is 8.66. The summed E-state index contributed by atoms with van der Waals surface area (Å²) in [4.78, 5) is 156. The van der Waals surface area contributed by atoms with E-state index >= 15 is 4.79 Å². The van der Waals surface area contributed by atoms with E-state index in [1.165, 1.54) is 80.5 Å². The van der Waals surface area contributed by atoms with Crippen LogP contribution in [0.2, 0.25) is 0 Å². The Kier molecular flexibility index (Phi) is 28.4. The van der Waals surface area contributed by atoms with E-state index in [4.69, 9.17) is 4.74 Å². The summed E-state index contributed by atoms with van der Waals surface area (Å²) in [6.45, 7) is 25.3. The van der Waals surface area contributed by atoms with Crippen LogP contribution in [0.15, 0.2) is 61.2 Å². The zero-order valence-electron chi connectivity index (χ0n) is 57.7. The van der Waals surface area contributed by atoms with Crippen LogP contribution in [0.4, 0.5) is 0 Å². The fourth-order valence-corrected chi connectivity index (χ4v) is 11.8. The summed E-state index contributed by atoms with van der Waals surface area (Å²) in [5.74, 6) is -6.93. The maximum atomic E-state index is 15.1. The van der Waals surface area contributed by atoms with Crippen molar-refractivity contribution in [2.24, 2.45) is 17.8 Å². The standard InChI is InChI=1S/C69H108N10O12/c1-20-45(6)59-61(84)71-53(42-91-68(10,11)12)60(83)70-52(63(86)79-35-25-22-26-36-79)38-50-30-32-51(33-31-50)46(7)29-34-56(81)75(16)55(39-49-27-23-21-24-28-49)64(87)73(14)41-57(82)78(19)69(13,40-44(4)5)67(90)72-58(48(9)80)66(89)74(15)47(8)62(85)76(17)54(37-43(2)3)65(88)77(59)18/h21,23-24,27-28,30-33,43-45,47-48,52-55,58-59,80H,7,20,22,25-26,29,34-42H2,1-6,8-19H3,(H,70,83)(H,71,84)(H,72,90)/t45-,47-,48+,52-,53-,54-,55-,58-,59-,69-/m0/s1. The number of likely N-dealkylation sites (N-methyl/N-ethyl adjacent to an activating group) is 6. The van der Waals surface area contributed by atoms with Gasteiger partial charge in [-0.15, -0.1) is 0 Å². The van der Waals surface area contributed by atoms with Crippen LogP contribution < -0.4 is 16.0 Å². The molecule has 10 atom stereocenters. The molecule has 0 aliphatic carbocycles. The number of rotatable bonds is 12. The van der Waals surface area contributed by atoms with Gasteiger partial charge in [0.15, 0.2) is 0 Å². The highest BCUT2D eigenvalue weighted by atomic mass is 16.5. The van der Waals surface area contributed by atoms with Crippen molar-refractivity contribution in [3.63, 3.8) is 0 Å². The molecule has 5 rings (SSSR count). The molecular formula is C69H108N10O12. The van der Waals surface area contributed by atoms with E-state index in [0.29, 0.717) is 30.6 Å². The van der Waals surface area contributed by atoms with Gasteiger partial charge in [-0.3, -0.25) is 47.9 Å². The Hall–Kier alpha value is -7.20. The summed E-state index contributed by atoms with van der Waals surface area (Å²) < 4.78 is 6.17. The van der Waals surface area contributed by atoms with E-state index < -0.39 is 119 Å². The zero-order chi connectivity index (χ0) is 68.6. The fourth-order valence-electron chi connectivity index (χ4n) is 11.8. The number of hydrogen-bond acceptors (Lipinski definition) is 12. The molecule has 2 bridgehead atoms. The third-order valence-electron chi connectivity index (χ3n) is 17.9. The molecule has 10 amide bonds. The number of aliphatic hydroxyl groups excluding tert-OH is 1. The largest absolute Gasteiger partial charge is 0.391 e. The Balaban J connectivity index is 1.88. The Morgan fingerprint density at radius 1 is 0.703 bits per heavy atom. The second-order valence-electron chi connectivity index (χ2n) is 27.4. The van der Waals surface area contributed by atoms with E-state index in [0.717, 1.165) is 35.3 Å². The highest BCUT2D eigenvalue weighted by Gasteiger charge is 2.46. The minimum Gasteiger partial charge on any atom is -0.391 e. The smallest absolute Gasteiger partial charge is 0.248 e. The van der Waals surface area contributed by atoms with Gasteiger partial charge in [0.05, 0.1) is 24.9 Å². The van der Waals surface area contributed by atoms with Crippen molar-refractivity contribution in [2.45, 2.75) is 207 Å². The van der Waals surface area contributed by atoms with Crippen LogP contribution in [0.25, 0.3) is 5.57 Å². The van der Waals surface area contributed by atoms with Crippen molar-refractivity contribution in [3.05, 3.63) is 77.9 Å². The van der Waals surface area contributed by atoms with E-state index in [1.54, 1.807) is 39.6 Å². The van der Waals surface area contributed by atoms with E-state index in [-0.39, 0.29) is 68.8 Å². The molecule has 3 aliphatic heterocycles. The van der Waals surface area contributed by atoms with Crippen LogP contribution in [0, 0.1) is 17.8 Å². The highest BCUT2D eigenvalue weighted by Crippen LogP contribution is 2.27. The third-order valence-corrected chi connectivity index (χ3v) is 17.9. The van der Waals surface area contributed by atoms with Crippen molar-refractivity contribution in [3.8, 4) is 0 Å². The molecule has 506 valence electrons. The van der Waals surface area contributed by atoms with Gasteiger partial charge in [0.2, 0.25) is 59.1 Å². The SMILES string of the molecule is C=C1CCC(=O)N(C)[C@@H](Cc2ccccc2)C(=O)N(C)CC(=O)N(C)[C@@](C)(CC(C)C)C(=O)N[C@@H]([C@@H](C)O)C(=O)N(C)[C@@H](C)C(=O)N(C)[C@@H](CC(C)C)C(=O)N(C)[C@@H]([C@@H](C)CC)C(=O)N[C@@H](COC(C)(C)C)C(=O)N[C@H](C(=O)N2CCCCC2)Cc2ccc1cc2. The summed E-state index contributed by atoms with van der Waals surface area (Å²) in [5.41, 5.74) is 0.382. The highest BCUT2D eigenvalue weighted by molar-refractivity contribution is 5.99. The molecule has 22 heteroatoms. The average Bonchev–Trinajstić information content (AvgIpc) is 0.860. The van der Waals surface area contributed by atoms with Crippen LogP contribution in [0.3, 0.4) is 0 Å². The molecule has 3 heterocycles. The van der Waals surface area contributed by atoms with Crippen LogP contribution in [0.1, 0.15) is 151 Å². The summed E-state index contributed by atoms with van der Waals surface area (Å²) in [5, 5.41) is 19.8. The molecule has 3 aliphatic rings. The number of carbonyl (C=O) groups is 10. The van der Waals surface area contributed by atoms with E-state index in [9.17, 15) is 48.3 Å². The number of nitrogens with one attached hydrogen (secondary N) is 3. The quantitative estimate of drug-likeness (QED) is 0.203. The van der Waals surface area contributed by atoms with Crippen molar-refractivity contribution < 1.29 is 57.8 Å². The van der Waals surface area contributed by atoms with Gasteiger partial charge < -0.3 is 60.1 Å². The van der Waals surface area contributed by atoms with Crippen LogP contribution in [0.5, 0.6) is 0 Å². The molecule has 0 radical (unpaired) electrons. The number of allylic oxidation sites excluding steroid dienone is 1. The Labute approximate surface area is 541 Å². The number of ether oxygens (including phenoxy) is 1. The van der Waals surface area contributed by atoms with Gasteiger partial charge in [0, 0.05) is 74.6 Å². The molecular weight excluding hydrogens is 1160 g/mol. The Bertz CT molecular complexity index is 2850. The number of aliphatic hydroxyl groups is 1. The maximum Gasteiger partial charge on any atom is 0.248 e. The molecule has 0 saturated carbocycles. The van der Waals surface area contributed by atoms with Gasteiger partial charge in [-0.25, -0.2) is 0 Å². The van der Waals surface area contributed by atoms with Gasteiger partial charge >= 0.3 is 0 Å². The molecule has 0 spiro atoms.